The Bertz CT molecular complexity index is 916. The molecular weight excluding hydrogens is 374 g/mol. The lowest BCUT2D eigenvalue weighted by Crippen LogP contribution is -2.43. The third-order valence-corrected chi connectivity index (χ3v) is 6.12. The molecule has 2 aliphatic rings. The van der Waals surface area contributed by atoms with Crippen molar-refractivity contribution in [3.05, 3.63) is 47.2 Å². The highest BCUT2D eigenvalue weighted by molar-refractivity contribution is 5.89. The van der Waals surface area contributed by atoms with Gasteiger partial charge in [0.05, 0.1) is 24.5 Å². The zero-order chi connectivity index (χ0) is 20.9. The van der Waals surface area contributed by atoms with Gasteiger partial charge in [-0.3, -0.25) is 14.7 Å². The van der Waals surface area contributed by atoms with Crippen molar-refractivity contribution < 1.29 is 4.79 Å². The van der Waals surface area contributed by atoms with E-state index in [0.29, 0.717) is 6.54 Å². The third-order valence-electron chi connectivity index (χ3n) is 6.12. The van der Waals surface area contributed by atoms with Crippen LogP contribution in [0.1, 0.15) is 43.0 Å². The second-order valence-electron chi connectivity index (χ2n) is 8.28. The molecule has 0 N–H and O–H groups in total. The zero-order valence-corrected chi connectivity index (χ0v) is 18.1. The molecule has 6 nitrogen and oxygen atoms in total. The molecule has 0 spiro atoms. The lowest BCUT2D eigenvalue weighted by atomic mass is 9.96. The molecule has 1 aromatic carbocycles. The van der Waals surface area contributed by atoms with E-state index in [1.807, 2.05) is 24.0 Å². The molecular formula is C24H31N5O. The van der Waals surface area contributed by atoms with E-state index in [-0.39, 0.29) is 5.91 Å². The van der Waals surface area contributed by atoms with E-state index in [1.54, 1.807) is 0 Å². The van der Waals surface area contributed by atoms with Crippen molar-refractivity contribution in [2.24, 2.45) is 4.99 Å². The number of benzene rings is 1. The van der Waals surface area contributed by atoms with E-state index >= 15 is 0 Å². The maximum atomic E-state index is 12.8. The number of nitrogens with zero attached hydrogens (tertiary/aromatic N) is 5. The number of hydrogen-bond donors (Lipinski definition) is 0. The Kier molecular flexibility index (Phi) is 6.53. The summed E-state index contributed by atoms with van der Waals surface area (Å²) in [5.74, 6) is 0.210. The number of hydrogen-bond acceptors (Lipinski definition) is 5. The van der Waals surface area contributed by atoms with Crippen LogP contribution in [-0.2, 0) is 17.8 Å². The molecule has 1 saturated carbocycles. The highest BCUT2D eigenvalue weighted by atomic mass is 16.2. The third kappa shape index (κ3) is 4.93. The Morgan fingerprint density at radius 2 is 2.00 bits per heavy atom. The molecule has 1 aromatic heterocycles. The number of carbonyl (C=O) groups is 1. The first-order valence-corrected chi connectivity index (χ1v) is 11.1. The zero-order valence-electron chi connectivity index (χ0n) is 18.1. The summed E-state index contributed by atoms with van der Waals surface area (Å²) in [7, 11) is 0. The fourth-order valence-corrected chi connectivity index (χ4v) is 4.03. The molecule has 0 saturated heterocycles. The van der Waals surface area contributed by atoms with Gasteiger partial charge >= 0.3 is 0 Å². The second kappa shape index (κ2) is 9.47. The molecule has 1 fully saturated rings. The molecule has 6 heteroatoms. The van der Waals surface area contributed by atoms with Gasteiger partial charge in [-0.05, 0) is 68.9 Å². The molecule has 0 bridgehead atoms. The Morgan fingerprint density at radius 1 is 1.13 bits per heavy atom. The molecule has 4 rings (SSSR count). The molecule has 2 aromatic rings. The smallest absolute Gasteiger partial charge is 0.236 e. The van der Waals surface area contributed by atoms with E-state index in [4.69, 9.17) is 0 Å². The number of amides is 1. The van der Waals surface area contributed by atoms with Gasteiger partial charge in [-0.2, -0.15) is 10.2 Å². The minimum atomic E-state index is 0.210. The van der Waals surface area contributed by atoms with E-state index in [0.717, 1.165) is 68.9 Å². The maximum Gasteiger partial charge on any atom is 0.236 e. The maximum absolute atomic E-state index is 12.8. The van der Waals surface area contributed by atoms with Crippen LogP contribution in [0.5, 0.6) is 0 Å². The Hall–Kier alpha value is -2.60. The van der Waals surface area contributed by atoms with Crippen molar-refractivity contribution in [2.45, 2.75) is 46.1 Å². The number of aliphatic imine (C=N–C) groups is 1. The summed E-state index contributed by atoms with van der Waals surface area (Å²) in [5, 5.41) is 8.47. The van der Waals surface area contributed by atoms with E-state index in [9.17, 15) is 4.79 Å². The Balaban J connectivity index is 1.34. The van der Waals surface area contributed by atoms with E-state index < -0.39 is 0 Å². The van der Waals surface area contributed by atoms with Gasteiger partial charge in [0.15, 0.2) is 0 Å². The standard InChI is InChI=1S/C24H31N5O/c1-3-29(14-12-25-22-5-4-6-22)24(30)17-28-13-11-19-15-20(8-9-21(19)16-28)23-10-7-18(2)26-27-23/h7-10,15H,3-6,11-14,16-17H2,1-2H3. The average molecular weight is 406 g/mol. The average Bonchev–Trinajstić information content (AvgIpc) is 2.72. The van der Waals surface area contributed by atoms with Gasteiger partial charge in [0.1, 0.15) is 0 Å². The molecule has 2 heterocycles. The number of fused-ring (bicyclic) bond motifs is 1. The van der Waals surface area contributed by atoms with Gasteiger partial charge in [-0.1, -0.05) is 12.1 Å². The largest absolute Gasteiger partial charge is 0.340 e. The van der Waals surface area contributed by atoms with Crippen molar-refractivity contribution in [3.8, 4) is 11.3 Å². The summed E-state index contributed by atoms with van der Waals surface area (Å²) in [4.78, 5) is 21.6. The topological polar surface area (TPSA) is 61.7 Å². The van der Waals surface area contributed by atoms with E-state index in [2.05, 4.69) is 45.2 Å². The van der Waals surface area contributed by atoms with Crippen LogP contribution in [0.3, 0.4) is 0 Å². The van der Waals surface area contributed by atoms with Crippen LogP contribution in [0.15, 0.2) is 35.3 Å². The van der Waals surface area contributed by atoms with Crippen molar-refractivity contribution in [1.82, 2.24) is 20.0 Å². The number of likely N-dealkylation sites (N-methyl/N-ethyl adjacent to an activating group) is 1. The normalized spacial score (nSPS) is 16.0. The number of aromatic nitrogens is 2. The predicted molar refractivity (Wildman–Crippen MR) is 120 cm³/mol. The fraction of sp³-hybridized carbons (Fsp3) is 0.500. The monoisotopic (exact) mass is 405 g/mol. The predicted octanol–water partition coefficient (Wildman–Crippen LogP) is 3.28. The lowest BCUT2D eigenvalue weighted by molar-refractivity contribution is -0.132. The summed E-state index contributed by atoms with van der Waals surface area (Å²) in [6, 6.07) is 10.5. The lowest BCUT2D eigenvalue weighted by Gasteiger charge is -2.30. The summed E-state index contributed by atoms with van der Waals surface area (Å²) in [6.45, 7) is 8.41. The minimum absolute atomic E-state index is 0.210. The van der Waals surface area contributed by atoms with Crippen molar-refractivity contribution in [2.75, 3.05) is 32.7 Å². The molecule has 0 atom stereocenters. The van der Waals surface area contributed by atoms with Gasteiger partial charge in [-0.15, -0.1) is 0 Å². The highest BCUT2D eigenvalue weighted by Gasteiger charge is 2.21. The molecule has 1 aliphatic heterocycles. The molecule has 1 amide bonds. The van der Waals surface area contributed by atoms with Crippen LogP contribution >= 0.6 is 0 Å². The molecule has 0 radical (unpaired) electrons. The summed E-state index contributed by atoms with van der Waals surface area (Å²) >= 11 is 0. The molecule has 30 heavy (non-hydrogen) atoms. The minimum Gasteiger partial charge on any atom is -0.340 e. The summed E-state index contributed by atoms with van der Waals surface area (Å²) in [5.41, 5.74) is 6.91. The number of rotatable bonds is 7. The number of carbonyl (C=O) groups excluding carboxylic acids is 1. The van der Waals surface area contributed by atoms with Gasteiger partial charge < -0.3 is 4.90 Å². The van der Waals surface area contributed by atoms with Crippen LogP contribution in [0.25, 0.3) is 11.3 Å². The van der Waals surface area contributed by atoms with E-state index in [1.165, 1.54) is 23.3 Å². The molecule has 0 unspecified atom stereocenters. The van der Waals surface area contributed by atoms with Crippen LogP contribution in [-0.4, -0.2) is 64.3 Å². The van der Waals surface area contributed by atoms with Gasteiger partial charge in [-0.25, -0.2) is 0 Å². The van der Waals surface area contributed by atoms with Crippen molar-refractivity contribution in [1.29, 1.82) is 0 Å². The fourth-order valence-electron chi connectivity index (χ4n) is 4.03. The van der Waals surface area contributed by atoms with Gasteiger partial charge in [0.25, 0.3) is 0 Å². The quantitative estimate of drug-likeness (QED) is 0.709. The molecule has 1 aliphatic carbocycles. The van der Waals surface area contributed by atoms with Crippen LogP contribution in [0.4, 0.5) is 0 Å². The van der Waals surface area contributed by atoms with Crippen LogP contribution in [0, 0.1) is 6.92 Å². The van der Waals surface area contributed by atoms with Crippen molar-refractivity contribution >= 4 is 11.6 Å². The molecule has 158 valence electrons. The first-order valence-electron chi connectivity index (χ1n) is 11.1. The first kappa shape index (κ1) is 20.7. The van der Waals surface area contributed by atoms with Crippen LogP contribution in [0.2, 0.25) is 0 Å². The highest BCUT2D eigenvalue weighted by Crippen LogP contribution is 2.25. The number of aryl methyl sites for hydroxylation is 1. The Morgan fingerprint density at radius 3 is 2.70 bits per heavy atom. The van der Waals surface area contributed by atoms with Gasteiger partial charge in [0.2, 0.25) is 5.91 Å². The van der Waals surface area contributed by atoms with Crippen LogP contribution < -0.4 is 0 Å². The summed E-state index contributed by atoms with van der Waals surface area (Å²) in [6.07, 6.45) is 4.51. The first-order chi connectivity index (χ1) is 14.6. The second-order valence-corrected chi connectivity index (χ2v) is 8.28. The van der Waals surface area contributed by atoms with Crippen molar-refractivity contribution in [3.63, 3.8) is 0 Å². The Labute approximate surface area is 179 Å². The summed E-state index contributed by atoms with van der Waals surface area (Å²) < 4.78 is 0. The van der Waals surface area contributed by atoms with Gasteiger partial charge in [0, 0.05) is 37.5 Å². The SMILES string of the molecule is CCN(CCN=C1CCC1)C(=O)CN1CCc2cc(-c3ccc(C)nn3)ccc2C1.